The van der Waals surface area contributed by atoms with Crippen LogP contribution in [0, 0.1) is 5.92 Å². The average Bonchev–Trinajstić information content (AvgIpc) is 2.73. The SMILES string of the molecule is COc1cccc(OC)c1CNC(=O)[C@H]1CCCN(Cc2ccc(Cl)cc2)C1. The van der Waals surface area contributed by atoms with E-state index in [-0.39, 0.29) is 11.8 Å². The molecule has 0 aromatic heterocycles. The van der Waals surface area contributed by atoms with E-state index in [0.717, 1.165) is 43.1 Å². The predicted molar refractivity (Wildman–Crippen MR) is 111 cm³/mol. The van der Waals surface area contributed by atoms with Gasteiger partial charge in [0.25, 0.3) is 0 Å². The van der Waals surface area contributed by atoms with Crippen molar-refractivity contribution in [1.82, 2.24) is 10.2 Å². The number of rotatable bonds is 7. The van der Waals surface area contributed by atoms with Gasteiger partial charge in [0.15, 0.2) is 0 Å². The molecule has 1 saturated heterocycles. The first-order valence-corrected chi connectivity index (χ1v) is 9.93. The summed E-state index contributed by atoms with van der Waals surface area (Å²) in [5.74, 6) is 1.50. The molecule has 1 amide bonds. The molecule has 0 unspecified atom stereocenters. The smallest absolute Gasteiger partial charge is 0.224 e. The summed E-state index contributed by atoms with van der Waals surface area (Å²) in [5, 5.41) is 3.81. The standard InChI is InChI=1S/C22H27ClN2O3/c1-27-20-6-3-7-21(28-2)19(20)13-24-22(26)17-5-4-12-25(15-17)14-16-8-10-18(23)11-9-16/h3,6-11,17H,4-5,12-15H2,1-2H3,(H,24,26)/t17-/m0/s1. The van der Waals surface area contributed by atoms with Gasteiger partial charge >= 0.3 is 0 Å². The Bertz CT molecular complexity index is 773. The van der Waals surface area contributed by atoms with Crippen molar-refractivity contribution in [2.45, 2.75) is 25.9 Å². The number of carbonyl (C=O) groups excluding carboxylic acids is 1. The fourth-order valence-electron chi connectivity index (χ4n) is 3.68. The number of piperidine rings is 1. The quantitative estimate of drug-likeness (QED) is 0.763. The molecule has 0 bridgehead atoms. The minimum Gasteiger partial charge on any atom is -0.496 e. The average molecular weight is 403 g/mol. The van der Waals surface area contributed by atoms with E-state index in [0.29, 0.717) is 18.0 Å². The number of nitrogens with one attached hydrogen (secondary N) is 1. The number of carbonyl (C=O) groups is 1. The maximum absolute atomic E-state index is 12.8. The molecule has 1 fully saturated rings. The zero-order chi connectivity index (χ0) is 19.9. The highest BCUT2D eigenvalue weighted by atomic mass is 35.5. The summed E-state index contributed by atoms with van der Waals surface area (Å²) in [5.41, 5.74) is 2.07. The lowest BCUT2D eigenvalue weighted by Gasteiger charge is -2.32. The first-order chi connectivity index (χ1) is 13.6. The molecule has 0 aliphatic carbocycles. The normalized spacial score (nSPS) is 17.2. The third kappa shape index (κ3) is 5.18. The first-order valence-electron chi connectivity index (χ1n) is 9.55. The van der Waals surface area contributed by atoms with Crippen LogP contribution in [0.2, 0.25) is 5.02 Å². The summed E-state index contributed by atoms with van der Waals surface area (Å²) in [7, 11) is 3.24. The number of hydrogen-bond donors (Lipinski definition) is 1. The molecule has 3 rings (SSSR count). The Hall–Kier alpha value is -2.24. The van der Waals surface area contributed by atoms with Gasteiger partial charge in [-0.15, -0.1) is 0 Å². The van der Waals surface area contributed by atoms with Crippen LogP contribution < -0.4 is 14.8 Å². The molecule has 6 heteroatoms. The van der Waals surface area contributed by atoms with Crippen molar-refractivity contribution < 1.29 is 14.3 Å². The van der Waals surface area contributed by atoms with Gasteiger partial charge in [0.05, 0.1) is 32.2 Å². The van der Waals surface area contributed by atoms with Crippen LogP contribution in [0.5, 0.6) is 11.5 Å². The number of ether oxygens (including phenoxy) is 2. The monoisotopic (exact) mass is 402 g/mol. The molecular formula is C22H27ClN2O3. The summed E-state index contributed by atoms with van der Waals surface area (Å²) in [6.45, 7) is 2.99. The molecule has 0 saturated carbocycles. The van der Waals surface area contributed by atoms with Crippen LogP contribution in [0.25, 0.3) is 0 Å². The third-order valence-corrected chi connectivity index (χ3v) is 5.42. The fourth-order valence-corrected chi connectivity index (χ4v) is 3.81. The Morgan fingerprint density at radius 3 is 2.46 bits per heavy atom. The van der Waals surface area contributed by atoms with Crippen LogP contribution in [0.15, 0.2) is 42.5 Å². The summed E-state index contributed by atoms with van der Waals surface area (Å²) in [6, 6.07) is 13.5. The Labute approximate surface area is 171 Å². The topological polar surface area (TPSA) is 50.8 Å². The molecule has 2 aromatic carbocycles. The van der Waals surface area contributed by atoms with Gasteiger partial charge in [-0.05, 0) is 49.2 Å². The maximum Gasteiger partial charge on any atom is 0.224 e. The van der Waals surface area contributed by atoms with Crippen LogP contribution in [-0.2, 0) is 17.9 Å². The van der Waals surface area contributed by atoms with Crippen molar-refractivity contribution in [1.29, 1.82) is 0 Å². The second-order valence-electron chi connectivity index (χ2n) is 7.06. The van der Waals surface area contributed by atoms with E-state index >= 15 is 0 Å². The fraction of sp³-hybridized carbons (Fsp3) is 0.409. The molecule has 150 valence electrons. The van der Waals surface area contributed by atoms with E-state index in [4.69, 9.17) is 21.1 Å². The molecule has 5 nitrogen and oxygen atoms in total. The van der Waals surface area contributed by atoms with Gasteiger partial charge in [-0.2, -0.15) is 0 Å². The van der Waals surface area contributed by atoms with Crippen molar-refractivity contribution in [3.63, 3.8) is 0 Å². The molecule has 1 aliphatic heterocycles. The number of likely N-dealkylation sites (tertiary alicyclic amines) is 1. The molecule has 1 aliphatic rings. The minimum atomic E-state index is -0.0123. The largest absolute Gasteiger partial charge is 0.496 e. The van der Waals surface area contributed by atoms with Gasteiger partial charge in [0.1, 0.15) is 11.5 Å². The number of amides is 1. The second kappa shape index (κ2) is 9.80. The zero-order valence-corrected chi connectivity index (χ0v) is 17.2. The van der Waals surface area contributed by atoms with Gasteiger partial charge in [0.2, 0.25) is 5.91 Å². The van der Waals surface area contributed by atoms with Crippen LogP contribution in [0.1, 0.15) is 24.0 Å². The van der Waals surface area contributed by atoms with Gasteiger partial charge in [-0.25, -0.2) is 0 Å². The van der Waals surface area contributed by atoms with Gasteiger partial charge in [-0.3, -0.25) is 9.69 Å². The number of benzene rings is 2. The first kappa shape index (κ1) is 20.5. The molecule has 0 spiro atoms. The summed E-state index contributed by atoms with van der Waals surface area (Å²) >= 11 is 5.96. The molecule has 2 aromatic rings. The van der Waals surface area contributed by atoms with E-state index in [1.54, 1.807) is 14.2 Å². The van der Waals surface area contributed by atoms with E-state index in [2.05, 4.69) is 10.2 Å². The van der Waals surface area contributed by atoms with Crippen molar-refractivity contribution in [2.75, 3.05) is 27.3 Å². The Balaban J connectivity index is 1.58. The summed E-state index contributed by atoms with van der Waals surface area (Å²) < 4.78 is 10.8. The molecule has 1 heterocycles. The highest BCUT2D eigenvalue weighted by molar-refractivity contribution is 6.30. The molecule has 28 heavy (non-hydrogen) atoms. The predicted octanol–water partition coefficient (Wildman–Crippen LogP) is 3.89. The molecule has 1 atom stereocenters. The van der Waals surface area contributed by atoms with Crippen molar-refractivity contribution >= 4 is 17.5 Å². The lowest BCUT2D eigenvalue weighted by molar-refractivity contribution is -0.126. The highest BCUT2D eigenvalue weighted by Crippen LogP contribution is 2.28. The van der Waals surface area contributed by atoms with Crippen molar-refractivity contribution in [3.8, 4) is 11.5 Å². The van der Waals surface area contributed by atoms with Crippen LogP contribution >= 0.6 is 11.6 Å². The lowest BCUT2D eigenvalue weighted by atomic mass is 9.96. The van der Waals surface area contributed by atoms with Crippen LogP contribution in [0.4, 0.5) is 0 Å². The Morgan fingerprint density at radius 2 is 1.82 bits per heavy atom. The van der Waals surface area contributed by atoms with E-state index in [1.165, 1.54) is 5.56 Å². The van der Waals surface area contributed by atoms with Crippen LogP contribution in [-0.4, -0.2) is 38.1 Å². The summed E-state index contributed by atoms with van der Waals surface area (Å²) in [4.78, 5) is 15.1. The lowest BCUT2D eigenvalue weighted by Crippen LogP contribution is -2.42. The Kier molecular flexibility index (Phi) is 7.18. The maximum atomic E-state index is 12.8. The second-order valence-corrected chi connectivity index (χ2v) is 7.50. The number of nitrogens with zero attached hydrogens (tertiary/aromatic N) is 1. The van der Waals surface area contributed by atoms with Gasteiger partial charge in [0, 0.05) is 18.1 Å². The van der Waals surface area contributed by atoms with Crippen molar-refractivity contribution in [3.05, 3.63) is 58.6 Å². The molecule has 1 N–H and O–H groups in total. The van der Waals surface area contributed by atoms with Gasteiger partial charge in [-0.1, -0.05) is 29.8 Å². The minimum absolute atomic E-state index is 0.0123. The number of methoxy groups -OCH3 is 2. The van der Waals surface area contributed by atoms with Gasteiger partial charge < -0.3 is 14.8 Å². The van der Waals surface area contributed by atoms with Crippen molar-refractivity contribution in [2.24, 2.45) is 5.92 Å². The van der Waals surface area contributed by atoms with E-state index < -0.39 is 0 Å². The van der Waals surface area contributed by atoms with E-state index in [9.17, 15) is 4.79 Å². The van der Waals surface area contributed by atoms with E-state index in [1.807, 2.05) is 42.5 Å². The van der Waals surface area contributed by atoms with Crippen LogP contribution in [0.3, 0.4) is 0 Å². The zero-order valence-electron chi connectivity index (χ0n) is 16.4. The Morgan fingerprint density at radius 1 is 1.14 bits per heavy atom. The third-order valence-electron chi connectivity index (χ3n) is 5.17. The summed E-state index contributed by atoms with van der Waals surface area (Å²) in [6.07, 6.45) is 1.93. The number of halogens is 1. The number of hydrogen-bond acceptors (Lipinski definition) is 4. The highest BCUT2D eigenvalue weighted by Gasteiger charge is 2.26. The molecular weight excluding hydrogens is 376 g/mol. The molecule has 0 radical (unpaired) electrons.